The van der Waals surface area contributed by atoms with Crippen molar-refractivity contribution in [3.05, 3.63) is 0 Å². The van der Waals surface area contributed by atoms with Crippen molar-refractivity contribution in [1.29, 1.82) is 0 Å². The molecule has 2 saturated heterocycles. The van der Waals surface area contributed by atoms with Crippen LogP contribution in [0.5, 0.6) is 0 Å². The Hall–Kier alpha value is -3.18. The van der Waals surface area contributed by atoms with Crippen LogP contribution >= 0.6 is 0 Å². The second kappa shape index (κ2) is 11.1. The zero-order chi connectivity index (χ0) is 24.9. The highest BCUT2D eigenvalue weighted by atomic mass is 16.2. The Bertz CT molecular complexity index is 773. The van der Waals surface area contributed by atoms with Crippen molar-refractivity contribution in [3.63, 3.8) is 0 Å². The molecule has 2 heterocycles. The van der Waals surface area contributed by atoms with Crippen molar-refractivity contribution >= 4 is 35.4 Å². The van der Waals surface area contributed by atoms with Crippen molar-refractivity contribution in [2.45, 2.75) is 53.9 Å². The summed E-state index contributed by atoms with van der Waals surface area (Å²) in [6, 6.07) is 0. The SMILES string of the molecule is CCC(CCC(=O)N1CN(C(C)=O)CN(C(C)=O)C1)C(=O)N1CN(C(C)=O)CN(C(C)=O)C1. The van der Waals surface area contributed by atoms with Crippen LogP contribution in [0.2, 0.25) is 0 Å². The summed E-state index contributed by atoms with van der Waals surface area (Å²) in [5.74, 6) is -1.91. The molecule has 0 aromatic heterocycles. The van der Waals surface area contributed by atoms with Gasteiger partial charge in [0.15, 0.2) is 0 Å². The molecule has 0 aliphatic carbocycles. The third-order valence-corrected chi connectivity index (χ3v) is 6.04. The number of amides is 6. The van der Waals surface area contributed by atoms with Crippen LogP contribution in [0.3, 0.4) is 0 Å². The van der Waals surface area contributed by atoms with Crippen LogP contribution < -0.4 is 0 Å². The van der Waals surface area contributed by atoms with Crippen LogP contribution in [-0.2, 0) is 28.8 Å². The zero-order valence-electron chi connectivity index (χ0n) is 20.1. The molecule has 0 radical (unpaired) electrons. The first-order valence-corrected chi connectivity index (χ1v) is 11.0. The minimum absolute atomic E-state index is 0.0718. The average Bonchev–Trinajstić information content (AvgIpc) is 2.78. The lowest BCUT2D eigenvalue weighted by atomic mass is 9.98. The van der Waals surface area contributed by atoms with Gasteiger partial charge in [0.1, 0.15) is 0 Å². The summed E-state index contributed by atoms with van der Waals surface area (Å²) in [5, 5.41) is 0. The highest BCUT2D eigenvalue weighted by Gasteiger charge is 2.34. The Morgan fingerprint density at radius 2 is 0.909 bits per heavy atom. The molecule has 1 atom stereocenters. The summed E-state index contributed by atoms with van der Waals surface area (Å²) in [4.78, 5) is 81.9. The predicted octanol–water partition coefficient (Wildman–Crippen LogP) is -0.384. The molecule has 0 N–H and O–H groups in total. The van der Waals surface area contributed by atoms with Gasteiger partial charge < -0.3 is 29.4 Å². The van der Waals surface area contributed by atoms with Crippen molar-refractivity contribution < 1.29 is 28.8 Å². The quantitative estimate of drug-likeness (QED) is 0.544. The van der Waals surface area contributed by atoms with E-state index in [9.17, 15) is 28.8 Å². The van der Waals surface area contributed by atoms with Gasteiger partial charge in [-0.05, 0) is 12.8 Å². The summed E-state index contributed by atoms with van der Waals surface area (Å²) < 4.78 is 0. The van der Waals surface area contributed by atoms with Crippen LogP contribution in [0, 0.1) is 5.92 Å². The lowest BCUT2D eigenvalue weighted by Crippen LogP contribution is -2.59. The second-order valence-electron chi connectivity index (χ2n) is 8.54. The van der Waals surface area contributed by atoms with Gasteiger partial charge in [0.25, 0.3) is 0 Å². The van der Waals surface area contributed by atoms with Gasteiger partial charge in [0.05, 0.1) is 40.0 Å². The van der Waals surface area contributed by atoms with E-state index in [1.54, 1.807) is 0 Å². The van der Waals surface area contributed by atoms with E-state index in [1.165, 1.54) is 57.1 Å². The largest absolute Gasteiger partial charge is 0.307 e. The van der Waals surface area contributed by atoms with Crippen LogP contribution in [0.1, 0.15) is 53.9 Å². The zero-order valence-corrected chi connectivity index (χ0v) is 20.1. The summed E-state index contributed by atoms with van der Waals surface area (Å²) in [7, 11) is 0. The van der Waals surface area contributed by atoms with E-state index < -0.39 is 5.92 Å². The normalized spacial score (nSPS) is 17.7. The predicted molar refractivity (Wildman–Crippen MR) is 116 cm³/mol. The maximum absolute atomic E-state index is 13.2. The van der Waals surface area contributed by atoms with E-state index in [-0.39, 0.29) is 88.3 Å². The number of carbonyl (C=O) groups is 6. The molecule has 12 heteroatoms. The van der Waals surface area contributed by atoms with Crippen LogP contribution in [0.4, 0.5) is 0 Å². The van der Waals surface area contributed by atoms with Gasteiger partial charge in [0.2, 0.25) is 35.4 Å². The van der Waals surface area contributed by atoms with Gasteiger partial charge in [-0.2, -0.15) is 0 Å². The van der Waals surface area contributed by atoms with Gasteiger partial charge in [0, 0.05) is 40.0 Å². The maximum atomic E-state index is 13.2. The minimum Gasteiger partial charge on any atom is -0.307 e. The Balaban J connectivity index is 2.03. The molecule has 2 fully saturated rings. The molecule has 0 aromatic rings. The third-order valence-electron chi connectivity index (χ3n) is 6.04. The molecule has 33 heavy (non-hydrogen) atoms. The summed E-state index contributed by atoms with van der Waals surface area (Å²) in [5.41, 5.74) is 0. The van der Waals surface area contributed by atoms with Crippen molar-refractivity contribution in [3.8, 4) is 0 Å². The van der Waals surface area contributed by atoms with E-state index in [0.717, 1.165) is 0 Å². The number of hydrogen-bond donors (Lipinski definition) is 0. The Morgan fingerprint density at radius 3 is 1.24 bits per heavy atom. The fraction of sp³-hybridized carbons (Fsp3) is 0.714. The molecular weight excluding hydrogens is 432 g/mol. The van der Waals surface area contributed by atoms with E-state index in [1.807, 2.05) is 6.92 Å². The Kier molecular flexibility index (Phi) is 8.77. The second-order valence-corrected chi connectivity index (χ2v) is 8.54. The molecule has 12 nitrogen and oxygen atoms in total. The number of carbonyl (C=O) groups excluding carboxylic acids is 6. The van der Waals surface area contributed by atoms with E-state index in [2.05, 4.69) is 0 Å². The molecular formula is C21H34N6O6. The molecule has 0 saturated carbocycles. The summed E-state index contributed by atoms with van der Waals surface area (Å²) in [6.07, 6.45) is 0.839. The smallest absolute Gasteiger partial charge is 0.228 e. The Morgan fingerprint density at radius 1 is 0.576 bits per heavy atom. The monoisotopic (exact) mass is 466 g/mol. The molecule has 0 aromatic carbocycles. The standard InChI is InChI=1S/C21H34N6O6/c1-6-19(21(33)27-13-24(17(4)30)10-25(14-27)18(5)31)7-8-20(32)26-11-22(15(2)28)9-23(12-26)16(3)29/h19H,6-14H2,1-5H3. The van der Waals surface area contributed by atoms with Crippen LogP contribution in [0.25, 0.3) is 0 Å². The topological polar surface area (TPSA) is 122 Å². The fourth-order valence-corrected chi connectivity index (χ4v) is 3.81. The van der Waals surface area contributed by atoms with Gasteiger partial charge in [-0.15, -0.1) is 0 Å². The van der Waals surface area contributed by atoms with E-state index >= 15 is 0 Å². The van der Waals surface area contributed by atoms with Gasteiger partial charge in [-0.1, -0.05) is 6.92 Å². The molecule has 2 rings (SSSR count). The van der Waals surface area contributed by atoms with Gasteiger partial charge >= 0.3 is 0 Å². The molecule has 6 amide bonds. The Labute approximate surface area is 194 Å². The first-order chi connectivity index (χ1) is 15.4. The van der Waals surface area contributed by atoms with Gasteiger partial charge in [-0.3, -0.25) is 28.8 Å². The first-order valence-electron chi connectivity index (χ1n) is 11.0. The van der Waals surface area contributed by atoms with Crippen molar-refractivity contribution in [2.75, 3.05) is 40.0 Å². The van der Waals surface area contributed by atoms with Crippen molar-refractivity contribution in [1.82, 2.24) is 29.4 Å². The van der Waals surface area contributed by atoms with Gasteiger partial charge in [-0.25, -0.2) is 0 Å². The van der Waals surface area contributed by atoms with E-state index in [4.69, 9.17) is 0 Å². The molecule has 184 valence electrons. The molecule has 2 aliphatic rings. The minimum atomic E-state index is -0.465. The fourth-order valence-electron chi connectivity index (χ4n) is 3.81. The molecule has 0 bridgehead atoms. The average molecular weight is 467 g/mol. The summed E-state index contributed by atoms with van der Waals surface area (Å²) in [6.45, 7) is 8.02. The number of nitrogens with zero attached hydrogens (tertiary/aromatic N) is 6. The highest BCUT2D eigenvalue weighted by Crippen LogP contribution is 2.20. The maximum Gasteiger partial charge on any atom is 0.228 e. The van der Waals surface area contributed by atoms with Crippen LogP contribution in [0.15, 0.2) is 0 Å². The number of hydrogen-bond acceptors (Lipinski definition) is 6. The van der Waals surface area contributed by atoms with Crippen molar-refractivity contribution in [2.24, 2.45) is 5.92 Å². The lowest BCUT2D eigenvalue weighted by Gasteiger charge is -2.43. The molecule has 2 aliphatic heterocycles. The number of rotatable bonds is 5. The lowest BCUT2D eigenvalue weighted by molar-refractivity contribution is -0.159. The summed E-state index contributed by atoms with van der Waals surface area (Å²) >= 11 is 0. The third kappa shape index (κ3) is 6.65. The van der Waals surface area contributed by atoms with Crippen LogP contribution in [-0.4, -0.2) is 105 Å². The highest BCUT2D eigenvalue weighted by molar-refractivity contribution is 5.83. The first kappa shape index (κ1) is 26.1. The molecule has 1 unspecified atom stereocenters. The van der Waals surface area contributed by atoms with E-state index in [0.29, 0.717) is 6.42 Å². The molecule has 0 spiro atoms.